The molecule has 1 saturated heterocycles. The van der Waals surface area contributed by atoms with Gasteiger partial charge in [0, 0.05) is 25.0 Å². The first-order valence-corrected chi connectivity index (χ1v) is 12.2. The monoisotopic (exact) mass is 424 g/mol. The SMILES string of the molecule is CCOc1ccc(S(=O)(=O)N2CCC(C(=O)NC(C)CCCC(C)C)CC2)cc1. The molecule has 1 aliphatic rings. The fourth-order valence-corrected chi connectivity index (χ4v) is 5.12. The quantitative estimate of drug-likeness (QED) is 0.620. The van der Waals surface area contributed by atoms with Crippen LogP contribution in [0.5, 0.6) is 5.75 Å². The lowest BCUT2D eigenvalue weighted by Gasteiger charge is -2.31. The molecule has 0 bridgehead atoms. The van der Waals surface area contributed by atoms with Crippen molar-refractivity contribution in [1.29, 1.82) is 0 Å². The molecule has 6 nitrogen and oxygen atoms in total. The van der Waals surface area contributed by atoms with Crippen molar-refractivity contribution in [2.75, 3.05) is 19.7 Å². The standard InChI is InChI=1S/C22H36N2O4S/c1-5-28-20-9-11-21(12-10-20)29(26,27)24-15-13-19(14-16-24)22(25)23-18(4)8-6-7-17(2)3/h9-12,17-19H,5-8,13-16H2,1-4H3,(H,23,25). The van der Waals surface area contributed by atoms with Gasteiger partial charge in [0.2, 0.25) is 15.9 Å². The van der Waals surface area contributed by atoms with E-state index in [1.54, 1.807) is 24.3 Å². The van der Waals surface area contributed by atoms with Crippen LogP contribution in [0.15, 0.2) is 29.2 Å². The summed E-state index contributed by atoms with van der Waals surface area (Å²) in [5.41, 5.74) is 0. The summed E-state index contributed by atoms with van der Waals surface area (Å²) < 4.78 is 32.6. The van der Waals surface area contributed by atoms with Gasteiger partial charge in [0.05, 0.1) is 11.5 Å². The van der Waals surface area contributed by atoms with E-state index < -0.39 is 10.0 Å². The third kappa shape index (κ3) is 7.00. The van der Waals surface area contributed by atoms with E-state index in [2.05, 4.69) is 19.2 Å². The van der Waals surface area contributed by atoms with Crippen LogP contribution < -0.4 is 10.1 Å². The van der Waals surface area contributed by atoms with E-state index in [0.29, 0.717) is 44.2 Å². The zero-order chi connectivity index (χ0) is 21.4. The average Bonchev–Trinajstić information content (AvgIpc) is 2.68. The van der Waals surface area contributed by atoms with Crippen molar-refractivity contribution in [1.82, 2.24) is 9.62 Å². The Labute approximate surface area is 176 Å². The molecule has 0 aromatic heterocycles. The molecule has 1 amide bonds. The van der Waals surface area contributed by atoms with E-state index >= 15 is 0 Å². The number of hydrogen-bond acceptors (Lipinski definition) is 4. The average molecular weight is 425 g/mol. The van der Waals surface area contributed by atoms with Crippen LogP contribution in [0.1, 0.15) is 59.8 Å². The van der Waals surface area contributed by atoms with Crippen molar-refractivity contribution in [3.63, 3.8) is 0 Å². The molecule has 7 heteroatoms. The van der Waals surface area contributed by atoms with Gasteiger partial charge >= 0.3 is 0 Å². The molecule has 0 aliphatic carbocycles. The summed E-state index contributed by atoms with van der Waals surface area (Å²) in [5, 5.41) is 3.11. The summed E-state index contributed by atoms with van der Waals surface area (Å²) in [6, 6.07) is 6.68. The predicted molar refractivity (Wildman–Crippen MR) is 115 cm³/mol. The lowest BCUT2D eigenvalue weighted by atomic mass is 9.96. The summed E-state index contributed by atoms with van der Waals surface area (Å²) in [5.74, 6) is 1.28. The number of rotatable bonds is 10. The number of carbonyl (C=O) groups excluding carboxylic acids is 1. The molecular formula is C22H36N2O4S. The maximum Gasteiger partial charge on any atom is 0.243 e. The van der Waals surface area contributed by atoms with Crippen LogP contribution >= 0.6 is 0 Å². The van der Waals surface area contributed by atoms with E-state index in [1.807, 2.05) is 13.8 Å². The summed E-state index contributed by atoms with van der Waals surface area (Å²) in [7, 11) is -3.54. The van der Waals surface area contributed by atoms with Gasteiger partial charge < -0.3 is 10.1 Å². The van der Waals surface area contributed by atoms with Crippen LogP contribution in [0.2, 0.25) is 0 Å². The first kappa shape index (κ1) is 23.7. The van der Waals surface area contributed by atoms with Crippen molar-refractivity contribution in [2.24, 2.45) is 11.8 Å². The Bertz CT molecular complexity index is 739. The van der Waals surface area contributed by atoms with Gasteiger partial charge in [0.15, 0.2) is 0 Å². The van der Waals surface area contributed by atoms with Gasteiger partial charge in [-0.2, -0.15) is 4.31 Å². The number of nitrogens with zero attached hydrogens (tertiary/aromatic N) is 1. The number of piperidine rings is 1. The third-order valence-electron chi connectivity index (χ3n) is 5.40. The first-order valence-electron chi connectivity index (χ1n) is 10.8. The maximum absolute atomic E-state index is 12.9. The number of ether oxygens (including phenoxy) is 1. The molecule has 1 aromatic carbocycles. The topological polar surface area (TPSA) is 75.7 Å². The zero-order valence-electron chi connectivity index (χ0n) is 18.2. The van der Waals surface area contributed by atoms with E-state index in [4.69, 9.17) is 4.74 Å². The van der Waals surface area contributed by atoms with Gasteiger partial charge in [-0.15, -0.1) is 0 Å². The largest absolute Gasteiger partial charge is 0.494 e. The molecule has 1 atom stereocenters. The number of hydrogen-bond donors (Lipinski definition) is 1. The van der Waals surface area contributed by atoms with Crippen LogP contribution in [0.3, 0.4) is 0 Å². The van der Waals surface area contributed by atoms with Crippen molar-refractivity contribution in [3.05, 3.63) is 24.3 Å². The van der Waals surface area contributed by atoms with Gasteiger partial charge in [-0.1, -0.05) is 26.7 Å². The van der Waals surface area contributed by atoms with Crippen molar-refractivity contribution in [3.8, 4) is 5.75 Å². The van der Waals surface area contributed by atoms with E-state index in [0.717, 1.165) is 12.8 Å². The first-order chi connectivity index (χ1) is 13.7. The van der Waals surface area contributed by atoms with Gasteiger partial charge in [-0.05, 0) is 63.3 Å². The third-order valence-corrected chi connectivity index (χ3v) is 7.32. The van der Waals surface area contributed by atoms with E-state index in [9.17, 15) is 13.2 Å². The van der Waals surface area contributed by atoms with E-state index in [-0.39, 0.29) is 22.8 Å². The molecule has 0 radical (unpaired) electrons. The summed E-state index contributed by atoms with van der Waals surface area (Å²) >= 11 is 0. The molecule has 1 heterocycles. The Kier molecular flexibility index (Phi) is 8.96. The molecule has 1 N–H and O–H groups in total. The second-order valence-electron chi connectivity index (χ2n) is 8.32. The smallest absolute Gasteiger partial charge is 0.243 e. The summed E-state index contributed by atoms with van der Waals surface area (Å²) in [6.07, 6.45) is 4.37. The summed E-state index contributed by atoms with van der Waals surface area (Å²) in [6.45, 7) is 9.63. The molecule has 1 aromatic rings. The van der Waals surface area contributed by atoms with Gasteiger partial charge in [-0.3, -0.25) is 4.79 Å². The van der Waals surface area contributed by atoms with Gasteiger partial charge in [-0.25, -0.2) is 8.42 Å². The van der Waals surface area contributed by atoms with Crippen molar-refractivity contribution >= 4 is 15.9 Å². The molecule has 29 heavy (non-hydrogen) atoms. The Balaban J connectivity index is 1.85. The molecule has 0 spiro atoms. The maximum atomic E-state index is 12.9. The second-order valence-corrected chi connectivity index (χ2v) is 10.3. The van der Waals surface area contributed by atoms with Crippen LogP contribution in [0.25, 0.3) is 0 Å². The van der Waals surface area contributed by atoms with Crippen LogP contribution in [0.4, 0.5) is 0 Å². The fraction of sp³-hybridized carbons (Fsp3) is 0.682. The highest BCUT2D eigenvalue weighted by molar-refractivity contribution is 7.89. The van der Waals surface area contributed by atoms with Crippen molar-refractivity contribution in [2.45, 2.75) is 70.7 Å². The van der Waals surface area contributed by atoms with E-state index in [1.165, 1.54) is 10.7 Å². The lowest BCUT2D eigenvalue weighted by Crippen LogP contribution is -2.44. The summed E-state index contributed by atoms with van der Waals surface area (Å²) in [4.78, 5) is 12.8. The number of nitrogens with one attached hydrogen (secondary N) is 1. The second kappa shape index (κ2) is 11.0. The highest BCUT2D eigenvalue weighted by Gasteiger charge is 2.32. The minimum atomic E-state index is -3.54. The van der Waals surface area contributed by atoms with Crippen LogP contribution in [0, 0.1) is 11.8 Å². The normalized spacial score (nSPS) is 17.3. The molecule has 1 unspecified atom stereocenters. The number of carbonyl (C=O) groups is 1. The molecule has 0 saturated carbocycles. The Morgan fingerprint density at radius 3 is 2.31 bits per heavy atom. The Morgan fingerprint density at radius 1 is 1.14 bits per heavy atom. The highest BCUT2D eigenvalue weighted by Crippen LogP contribution is 2.25. The lowest BCUT2D eigenvalue weighted by molar-refractivity contribution is -0.126. The molecular weight excluding hydrogens is 388 g/mol. The Hall–Kier alpha value is -1.60. The van der Waals surface area contributed by atoms with Crippen LogP contribution in [-0.4, -0.2) is 44.4 Å². The minimum absolute atomic E-state index is 0.0557. The molecule has 1 aliphatic heterocycles. The predicted octanol–water partition coefficient (Wildman–Crippen LogP) is 3.82. The van der Waals surface area contributed by atoms with Crippen molar-refractivity contribution < 1.29 is 17.9 Å². The molecule has 1 fully saturated rings. The number of benzene rings is 1. The molecule has 2 rings (SSSR count). The van der Waals surface area contributed by atoms with Gasteiger partial charge in [0.25, 0.3) is 0 Å². The zero-order valence-corrected chi connectivity index (χ0v) is 19.0. The minimum Gasteiger partial charge on any atom is -0.494 e. The number of amides is 1. The van der Waals surface area contributed by atoms with Crippen LogP contribution in [-0.2, 0) is 14.8 Å². The molecule has 164 valence electrons. The highest BCUT2D eigenvalue weighted by atomic mass is 32.2. The van der Waals surface area contributed by atoms with Gasteiger partial charge in [0.1, 0.15) is 5.75 Å². The fourth-order valence-electron chi connectivity index (χ4n) is 3.65. The Morgan fingerprint density at radius 2 is 1.76 bits per heavy atom. The number of sulfonamides is 1.